The highest BCUT2D eigenvalue weighted by Crippen LogP contribution is 2.24. The van der Waals surface area contributed by atoms with Crippen LogP contribution in [0.4, 0.5) is 5.69 Å². The van der Waals surface area contributed by atoms with E-state index >= 15 is 0 Å². The lowest BCUT2D eigenvalue weighted by Gasteiger charge is -2.30. The molecular formula is C21H25N5O3S. The molecule has 30 heavy (non-hydrogen) atoms. The Hall–Kier alpha value is -2.78. The largest absolute Gasteiger partial charge is 0.324 e. The number of carbonyl (C=O) groups is 1. The number of amides is 1. The zero-order valence-corrected chi connectivity index (χ0v) is 17.9. The number of rotatable bonds is 5. The van der Waals surface area contributed by atoms with E-state index in [0.29, 0.717) is 31.6 Å². The normalized spacial score (nSPS) is 16.1. The molecule has 8 nitrogen and oxygen atoms in total. The van der Waals surface area contributed by atoms with Crippen LogP contribution in [0.3, 0.4) is 0 Å². The van der Waals surface area contributed by atoms with Crippen LogP contribution in [0.2, 0.25) is 0 Å². The van der Waals surface area contributed by atoms with Crippen molar-refractivity contribution >= 4 is 32.7 Å². The molecule has 0 radical (unpaired) electrons. The van der Waals surface area contributed by atoms with E-state index in [9.17, 15) is 13.2 Å². The number of aromatic nitrogens is 3. The molecule has 0 saturated carbocycles. The van der Waals surface area contributed by atoms with Crippen LogP contribution in [0, 0.1) is 12.8 Å². The molecule has 9 heteroatoms. The predicted octanol–water partition coefficient (Wildman–Crippen LogP) is 2.46. The first-order valence-electron chi connectivity index (χ1n) is 9.95. The number of carbonyl (C=O) groups excluding carboxylic acids is 1. The molecule has 1 amide bonds. The molecule has 2 aromatic heterocycles. The van der Waals surface area contributed by atoms with Gasteiger partial charge in [0.2, 0.25) is 15.9 Å². The summed E-state index contributed by atoms with van der Waals surface area (Å²) in [6.07, 6.45) is 2.63. The van der Waals surface area contributed by atoms with Gasteiger partial charge < -0.3 is 5.32 Å². The molecule has 1 aliphatic heterocycles. The summed E-state index contributed by atoms with van der Waals surface area (Å²) in [4.78, 5) is 17.1. The van der Waals surface area contributed by atoms with E-state index in [2.05, 4.69) is 15.4 Å². The van der Waals surface area contributed by atoms with Gasteiger partial charge in [0, 0.05) is 31.4 Å². The molecule has 3 aromatic rings. The van der Waals surface area contributed by atoms with Gasteiger partial charge in [-0.3, -0.25) is 9.48 Å². The maximum atomic E-state index is 12.7. The Morgan fingerprint density at radius 3 is 2.60 bits per heavy atom. The number of benzene rings is 1. The fourth-order valence-corrected chi connectivity index (χ4v) is 5.46. The van der Waals surface area contributed by atoms with E-state index in [1.807, 2.05) is 50.4 Å². The maximum absolute atomic E-state index is 12.7. The number of anilines is 1. The molecule has 1 saturated heterocycles. The monoisotopic (exact) mass is 427 g/mol. The number of fused-ring (bicyclic) bond motifs is 1. The fraction of sp³-hybridized carbons (Fsp3) is 0.381. The summed E-state index contributed by atoms with van der Waals surface area (Å²) in [5.74, 6) is -0.336. The molecule has 1 aliphatic rings. The molecule has 158 valence electrons. The molecule has 0 atom stereocenters. The minimum Gasteiger partial charge on any atom is -0.324 e. The minimum atomic E-state index is -3.39. The Labute approximate surface area is 176 Å². The van der Waals surface area contributed by atoms with Gasteiger partial charge in [0.1, 0.15) is 0 Å². The van der Waals surface area contributed by atoms with Crippen LogP contribution in [0.5, 0.6) is 0 Å². The second-order valence-corrected chi connectivity index (χ2v) is 9.68. The topological polar surface area (TPSA) is 97.2 Å². The SMILES string of the molecule is Cc1nn(C)c2ncc(NC(=O)C3CCN(S(=O)(=O)Cc4ccccc4)CC3)cc12. The van der Waals surface area contributed by atoms with Crippen LogP contribution in [0.25, 0.3) is 11.0 Å². The molecular weight excluding hydrogens is 402 g/mol. The van der Waals surface area contributed by atoms with Gasteiger partial charge in [-0.2, -0.15) is 5.10 Å². The Morgan fingerprint density at radius 2 is 1.90 bits per heavy atom. The third kappa shape index (κ3) is 4.22. The lowest BCUT2D eigenvalue weighted by molar-refractivity contribution is -0.120. The van der Waals surface area contributed by atoms with Crippen molar-refractivity contribution in [3.63, 3.8) is 0 Å². The van der Waals surface area contributed by atoms with Gasteiger partial charge in [0.05, 0.1) is 23.3 Å². The van der Waals surface area contributed by atoms with E-state index in [1.54, 1.807) is 10.9 Å². The van der Waals surface area contributed by atoms with Crippen molar-refractivity contribution in [2.24, 2.45) is 13.0 Å². The number of piperidine rings is 1. The quantitative estimate of drug-likeness (QED) is 0.675. The highest BCUT2D eigenvalue weighted by Gasteiger charge is 2.31. The highest BCUT2D eigenvalue weighted by molar-refractivity contribution is 7.88. The summed E-state index contributed by atoms with van der Waals surface area (Å²) in [7, 11) is -1.56. The summed E-state index contributed by atoms with van der Waals surface area (Å²) in [6, 6.07) is 11.0. The number of nitrogens with one attached hydrogen (secondary N) is 1. The summed E-state index contributed by atoms with van der Waals surface area (Å²) < 4.78 is 28.6. The summed E-state index contributed by atoms with van der Waals surface area (Å²) in [5.41, 5.74) is 3.02. The number of aryl methyl sites for hydroxylation is 2. The van der Waals surface area contributed by atoms with Gasteiger partial charge in [-0.1, -0.05) is 30.3 Å². The minimum absolute atomic E-state index is 0.0130. The van der Waals surface area contributed by atoms with Gasteiger partial charge in [0.15, 0.2) is 5.65 Å². The molecule has 1 aromatic carbocycles. The summed E-state index contributed by atoms with van der Waals surface area (Å²) >= 11 is 0. The van der Waals surface area contributed by atoms with Crippen molar-refractivity contribution in [1.82, 2.24) is 19.1 Å². The van der Waals surface area contributed by atoms with Crippen LogP contribution in [0.15, 0.2) is 42.6 Å². The molecule has 0 spiro atoms. The second-order valence-electron chi connectivity index (χ2n) is 7.71. The predicted molar refractivity (Wildman–Crippen MR) is 115 cm³/mol. The van der Waals surface area contributed by atoms with Gasteiger partial charge in [0.25, 0.3) is 0 Å². The first kappa shape index (κ1) is 20.5. The van der Waals surface area contributed by atoms with Crippen LogP contribution < -0.4 is 5.32 Å². The van der Waals surface area contributed by atoms with Crippen LogP contribution in [-0.4, -0.2) is 46.5 Å². The zero-order chi connectivity index (χ0) is 21.3. The van der Waals surface area contributed by atoms with Crippen molar-refractivity contribution in [3.05, 3.63) is 53.9 Å². The van der Waals surface area contributed by atoms with E-state index in [1.165, 1.54) is 4.31 Å². The van der Waals surface area contributed by atoms with E-state index in [4.69, 9.17) is 0 Å². The van der Waals surface area contributed by atoms with Gasteiger partial charge in [-0.25, -0.2) is 17.7 Å². The Morgan fingerprint density at radius 1 is 1.20 bits per heavy atom. The average Bonchev–Trinajstić information content (AvgIpc) is 3.01. The van der Waals surface area contributed by atoms with E-state index in [0.717, 1.165) is 22.3 Å². The molecule has 4 rings (SSSR count). The van der Waals surface area contributed by atoms with Crippen molar-refractivity contribution in [3.8, 4) is 0 Å². The van der Waals surface area contributed by atoms with Gasteiger partial charge in [-0.05, 0) is 31.4 Å². The fourth-order valence-electron chi connectivity index (χ4n) is 3.89. The molecule has 0 unspecified atom stereocenters. The van der Waals surface area contributed by atoms with Crippen molar-refractivity contribution in [2.75, 3.05) is 18.4 Å². The number of sulfonamides is 1. The molecule has 0 aliphatic carbocycles. The van der Waals surface area contributed by atoms with Crippen LogP contribution >= 0.6 is 0 Å². The zero-order valence-electron chi connectivity index (χ0n) is 17.1. The Kier molecular flexibility index (Phi) is 5.57. The first-order chi connectivity index (χ1) is 14.3. The third-order valence-corrected chi connectivity index (χ3v) is 7.39. The number of hydrogen-bond acceptors (Lipinski definition) is 5. The highest BCUT2D eigenvalue weighted by atomic mass is 32.2. The smallest absolute Gasteiger partial charge is 0.227 e. The average molecular weight is 428 g/mol. The van der Waals surface area contributed by atoms with Gasteiger partial charge >= 0.3 is 0 Å². The molecule has 3 heterocycles. The Balaban J connectivity index is 1.37. The van der Waals surface area contributed by atoms with Crippen molar-refractivity contribution < 1.29 is 13.2 Å². The first-order valence-corrected chi connectivity index (χ1v) is 11.6. The summed E-state index contributed by atoms with van der Waals surface area (Å²) in [6.45, 7) is 2.61. The Bertz CT molecular complexity index is 1170. The summed E-state index contributed by atoms with van der Waals surface area (Å²) in [5, 5.41) is 8.17. The third-order valence-electron chi connectivity index (χ3n) is 5.54. The van der Waals surface area contributed by atoms with E-state index in [-0.39, 0.29) is 17.6 Å². The number of pyridine rings is 1. The van der Waals surface area contributed by atoms with Crippen LogP contribution in [-0.2, 0) is 27.6 Å². The lowest BCUT2D eigenvalue weighted by Crippen LogP contribution is -2.41. The van der Waals surface area contributed by atoms with E-state index < -0.39 is 10.0 Å². The number of hydrogen-bond donors (Lipinski definition) is 1. The van der Waals surface area contributed by atoms with Gasteiger partial charge in [-0.15, -0.1) is 0 Å². The molecule has 1 N–H and O–H groups in total. The molecule has 0 bridgehead atoms. The lowest BCUT2D eigenvalue weighted by atomic mass is 9.97. The second kappa shape index (κ2) is 8.16. The van der Waals surface area contributed by atoms with Crippen LogP contribution in [0.1, 0.15) is 24.1 Å². The maximum Gasteiger partial charge on any atom is 0.227 e. The number of nitrogens with zero attached hydrogens (tertiary/aromatic N) is 4. The standard InChI is InChI=1S/C21H25N5O3S/c1-15-19-12-18(13-22-20(19)25(2)24-15)23-21(27)17-8-10-26(11-9-17)30(28,29)14-16-6-4-3-5-7-16/h3-7,12-13,17H,8-11,14H2,1-2H3,(H,23,27). The van der Waals surface area contributed by atoms with Crippen molar-refractivity contribution in [2.45, 2.75) is 25.5 Å². The molecule has 1 fully saturated rings. The van der Waals surface area contributed by atoms with Crippen molar-refractivity contribution in [1.29, 1.82) is 0 Å².